The van der Waals surface area contributed by atoms with E-state index in [1.807, 2.05) is 12.1 Å². The first kappa shape index (κ1) is 18.7. The molecule has 3 fully saturated rings. The highest BCUT2D eigenvalue weighted by Gasteiger charge is 2.47. The molecule has 154 valence electrons. The van der Waals surface area contributed by atoms with Gasteiger partial charge in [0.05, 0.1) is 5.60 Å². The Kier molecular flexibility index (Phi) is 4.45. The number of nitrogens with two attached hydrogens (primary N) is 1. The molecule has 1 aromatic rings. The second-order valence-electron chi connectivity index (χ2n) is 8.63. The van der Waals surface area contributed by atoms with Crippen LogP contribution in [0.15, 0.2) is 18.2 Å². The summed E-state index contributed by atoms with van der Waals surface area (Å²) in [5, 5.41) is 2.36. The molecule has 3 N–H and O–H groups in total. The molecule has 2 bridgehead atoms. The highest BCUT2D eigenvalue weighted by Crippen LogP contribution is 2.38. The summed E-state index contributed by atoms with van der Waals surface area (Å²) in [6, 6.07) is 5.68. The molecule has 0 saturated carbocycles. The highest BCUT2D eigenvalue weighted by molar-refractivity contribution is 6.05. The summed E-state index contributed by atoms with van der Waals surface area (Å²) in [6.45, 7) is 3.23. The quantitative estimate of drug-likeness (QED) is 0.699. The molecule has 5 rings (SSSR count). The van der Waals surface area contributed by atoms with E-state index in [-0.39, 0.29) is 29.7 Å². The van der Waals surface area contributed by atoms with E-state index >= 15 is 0 Å². The average molecular weight is 398 g/mol. The molecule has 0 spiro atoms. The molecule has 3 saturated heterocycles. The van der Waals surface area contributed by atoms with Gasteiger partial charge >= 0.3 is 0 Å². The van der Waals surface area contributed by atoms with Gasteiger partial charge in [-0.1, -0.05) is 12.1 Å². The number of nitrogens with zero attached hydrogens (tertiary/aromatic N) is 2. The maximum absolute atomic E-state index is 13.0. The van der Waals surface area contributed by atoms with Crippen molar-refractivity contribution in [2.45, 2.75) is 56.5 Å². The molecule has 4 heterocycles. The van der Waals surface area contributed by atoms with E-state index in [1.54, 1.807) is 4.90 Å². The van der Waals surface area contributed by atoms with Crippen molar-refractivity contribution in [3.05, 3.63) is 34.9 Å². The fraction of sp³-hybridized carbons (Fsp3) is 0.571. The van der Waals surface area contributed by atoms with Crippen molar-refractivity contribution in [3.8, 4) is 0 Å². The molecule has 0 aromatic heterocycles. The summed E-state index contributed by atoms with van der Waals surface area (Å²) >= 11 is 0. The molecule has 4 aliphatic rings. The van der Waals surface area contributed by atoms with Crippen LogP contribution in [0.2, 0.25) is 0 Å². The summed E-state index contributed by atoms with van der Waals surface area (Å²) in [6.07, 6.45) is 2.60. The molecule has 3 atom stereocenters. The van der Waals surface area contributed by atoms with Gasteiger partial charge in [-0.3, -0.25) is 24.6 Å². The summed E-state index contributed by atoms with van der Waals surface area (Å²) in [4.78, 5) is 40.8. The van der Waals surface area contributed by atoms with E-state index < -0.39 is 6.04 Å². The molecular formula is C21H26N4O4. The van der Waals surface area contributed by atoms with Crippen LogP contribution in [-0.2, 0) is 27.4 Å². The van der Waals surface area contributed by atoms with Gasteiger partial charge < -0.3 is 15.4 Å². The summed E-state index contributed by atoms with van der Waals surface area (Å²) < 4.78 is 6.00. The van der Waals surface area contributed by atoms with E-state index in [1.165, 1.54) is 0 Å². The lowest BCUT2D eigenvalue weighted by Gasteiger charge is -2.30. The Hall–Kier alpha value is -2.29. The number of fused-ring (bicyclic) bond motifs is 3. The van der Waals surface area contributed by atoms with Gasteiger partial charge in [-0.2, -0.15) is 0 Å². The third kappa shape index (κ3) is 3.06. The van der Waals surface area contributed by atoms with Crippen LogP contribution in [0.1, 0.15) is 47.2 Å². The van der Waals surface area contributed by atoms with Crippen LogP contribution in [0.5, 0.6) is 0 Å². The Bertz CT molecular complexity index is 887. The first-order valence-corrected chi connectivity index (χ1v) is 10.3. The maximum Gasteiger partial charge on any atom is 0.255 e. The zero-order chi connectivity index (χ0) is 20.2. The normalized spacial score (nSPS) is 31.9. The molecular weight excluding hydrogens is 372 g/mol. The predicted octanol–water partition coefficient (Wildman–Crippen LogP) is 0.140. The maximum atomic E-state index is 13.0. The Morgan fingerprint density at radius 1 is 1.24 bits per heavy atom. The van der Waals surface area contributed by atoms with Gasteiger partial charge in [0.15, 0.2) is 0 Å². The topological polar surface area (TPSA) is 105 Å². The van der Waals surface area contributed by atoms with Crippen molar-refractivity contribution in [1.82, 2.24) is 15.1 Å². The Morgan fingerprint density at radius 3 is 2.86 bits per heavy atom. The van der Waals surface area contributed by atoms with Gasteiger partial charge in [-0.05, 0) is 36.5 Å². The number of imide groups is 1. The number of carbonyl (C=O) groups is 3. The fourth-order valence-electron chi connectivity index (χ4n) is 5.33. The molecule has 3 amide bonds. The van der Waals surface area contributed by atoms with E-state index in [9.17, 15) is 14.4 Å². The SMILES string of the molecule is NCC12CC(CCO1)N(Cc1cccc3c1CN(C1CCC(=O)NC1=O)C3=O)C2. The first-order valence-electron chi connectivity index (χ1n) is 10.3. The predicted molar refractivity (Wildman–Crippen MR) is 104 cm³/mol. The number of benzene rings is 1. The second-order valence-corrected chi connectivity index (χ2v) is 8.63. The molecule has 8 nitrogen and oxygen atoms in total. The minimum atomic E-state index is -0.583. The van der Waals surface area contributed by atoms with Crippen LogP contribution in [0.25, 0.3) is 0 Å². The minimum absolute atomic E-state index is 0.127. The molecule has 29 heavy (non-hydrogen) atoms. The number of hydrogen-bond acceptors (Lipinski definition) is 6. The fourth-order valence-corrected chi connectivity index (χ4v) is 5.33. The van der Waals surface area contributed by atoms with Gasteiger partial charge in [0.1, 0.15) is 6.04 Å². The van der Waals surface area contributed by atoms with Crippen molar-refractivity contribution in [2.24, 2.45) is 5.73 Å². The first-order chi connectivity index (χ1) is 14.0. The van der Waals surface area contributed by atoms with Gasteiger partial charge in [0.25, 0.3) is 5.91 Å². The Balaban J connectivity index is 1.37. The van der Waals surface area contributed by atoms with Gasteiger partial charge in [-0.15, -0.1) is 0 Å². The summed E-state index contributed by atoms with van der Waals surface area (Å²) in [5.41, 5.74) is 8.53. The lowest BCUT2D eigenvalue weighted by molar-refractivity contribution is -0.136. The molecule has 1 aromatic carbocycles. The van der Waals surface area contributed by atoms with Gasteiger partial charge in [-0.25, -0.2) is 0 Å². The van der Waals surface area contributed by atoms with Crippen LogP contribution in [0.4, 0.5) is 0 Å². The number of nitrogens with one attached hydrogen (secondary N) is 1. The number of rotatable bonds is 4. The second kappa shape index (κ2) is 6.90. The van der Waals surface area contributed by atoms with Gasteiger partial charge in [0.2, 0.25) is 11.8 Å². The molecule has 0 aliphatic carbocycles. The van der Waals surface area contributed by atoms with Gasteiger partial charge in [0, 0.05) is 50.8 Å². The Labute approximate surface area is 169 Å². The number of amides is 3. The molecule has 4 aliphatic heterocycles. The highest BCUT2D eigenvalue weighted by atomic mass is 16.5. The van der Waals surface area contributed by atoms with Crippen LogP contribution in [0.3, 0.4) is 0 Å². The van der Waals surface area contributed by atoms with Crippen LogP contribution in [0, 0.1) is 0 Å². The number of likely N-dealkylation sites (tertiary alicyclic amines) is 1. The largest absolute Gasteiger partial charge is 0.372 e. The van der Waals surface area contributed by atoms with E-state index in [0.717, 1.165) is 43.7 Å². The zero-order valence-corrected chi connectivity index (χ0v) is 16.4. The number of piperidine rings is 1. The van der Waals surface area contributed by atoms with Crippen LogP contribution in [-0.4, -0.2) is 64.9 Å². The summed E-state index contributed by atoms with van der Waals surface area (Å²) in [7, 11) is 0. The van der Waals surface area contributed by atoms with Crippen molar-refractivity contribution >= 4 is 17.7 Å². The smallest absolute Gasteiger partial charge is 0.255 e. The lowest BCUT2D eigenvalue weighted by Crippen LogP contribution is -2.52. The number of carbonyl (C=O) groups excluding carboxylic acids is 3. The average Bonchev–Trinajstić information content (AvgIpc) is 3.17. The van der Waals surface area contributed by atoms with Crippen molar-refractivity contribution in [2.75, 3.05) is 19.7 Å². The Morgan fingerprint density at radius 2 is 2.10 bits per heavy atom. The molecule has 3 unspecified atom stereocenters. The van der Waals surface area contributed by atoms with Crippen LogP contribution < -0.4 is 11.1 Å². The lowest BCUT2D eigenvalue weighted by atomic mass is 9.96. The molecule has 8 heteroatoms. The van der Waals surface area contributed by atoms with E-state index in [0.29, 0.717) is 31.1 Å². The zero-order valence-electron chi connectivity index (χ0n) is 16.4. The third-order valence-corrected chi connectivity index (χ3v) is 6.90. The van der Waals surface area contributed by atoms with Crippen molar-refractivity contribution < 1.29 is 19.1 Å². The number of hydrogen-bond donors (Lipinski definition) is 2. The van der Waals surface area contributed by atoms with Crippen molar-refractivity contribution in [3.63, 3.8) is 0 Å². The van der Waals surface area contributed by atoms with Crippen molar-refractivity contribution in [1.29, 1.82) is 0 Å². The number of ether oxygens (including phenoxy) is 1. The minimum Gasteiger partial charge on any atom is -0.372 e. The standard InChI is InChI=1S/C21H26N4O4/c22-11-21-8-14(6-7-29-21)24(12-21)9-13-2-1-3-15-16(13)10-25(20(15)28)17-4-5-18(26)23-19(17)27/h1-3,14,17H,4-12,22H2,(H,23,26,27). The molecule has 0 radical (unpaired) electrons. The monoisotopic (exact) mass is 398 g/mol. The summed E-state index contributed by atoms with van der Waals surface area (Å²) in [5.74, 6) is -0.773. The third-order valence-electron chi connectivity index (χ3n) is 6.90. The van der Waals surface area contributed by atoms with E-state index in [4.69, 9.17) is 10.5 Å². The van der Waals surface area contributed by atoms with E-state index in [2.05, 4.69) is 16.3 Å². The van der Waals surface area contributed by atoms with Crippen LogP contribution >= 0.6 is 0 Å².